The number of rotatable bonds is 7. The number of fused-ring (bicyclic) bond motifs is 1. The zero-order valence-corrected chi connectivity index (χ0v) is 28.5. The van der Waals surface area contributed by atoms with Crippen molar-refractivity contribution in [3.8, 4) is 0 Å². The number of nitrogens with zero attached hydrogens (tertiary/aromatic N) is 1. The first-order chi connectivity index (χ1) is 18.0. The number of alkyl halides is 3. The lowest BCUT2D eigenvalue weighted by molar-refractivity contribution is -0.965. The van der Waals surface area contributed by atoms with Gasteiger partial charge in [0.1, 0.15) is 18.4 Å². The monoisotopic (exact) mass is 669 g/mol. The summed E-state index contributed by atoms with van der Waals surface area (Å²) in [5.41, 5.74) is 1.72. The zero-order valence-electron chi connectivity index (χ0n) is 23.6. The molecule has 0 spiro atoms. The molecule has 2 bridgehead atoms. The van der Waals surface area contributed by atoms with Crippen molar-refractivity contribution in [1.29, 1.82) is 0 Å². The first-order valence-corrected chi connectivity index (χ1v) is 18.4. The minimum absolute atomic E-state index is 0. The van der Waals surface area contributed by atoms with E-state index in [0.29, 0.717) is 35.2 Å². The number of hydrogen-bond acceptors (Lipinski definition) is 1. The van der Waals surface area contributed by atoms with E-state index in [0.717, 1.165) is 36.8 Å². The van der Waals surface area contributed by atoms with Gasteiger partial charge in [0.2, 0.25) is 0 Å². The Morgan fingerprint density at radius 2 is 1.64 bits per heavy atom. The second-order valence-electron chi connectivity index (χ2n) is 12.5. The smallest absolute Gasteiger partial charge is 0.180 e. The molecule has 7 atom stereocenters. The van der Waals surface area contributed by atoms with E-state index in [1.54, 1.807) is 0 Å². The van der Waals surface area contributed by atoms with Crippen molar-refractivity contribution in [2.75, 3.05) is 6.54 Å². The number of carbonyl (C=O) groups is 1. The van der Waals surface area contributed by atoms with E-state index >= 15 is 0 Å². The highest BCUT2D eigenvalue weighted by atomic mass is 79.9. The number of hydrogen-bond donors (Lipinski definition) is 0. The number of carbonyl (C=O) groups excluding carboxylic acids is 1. The van der Waals surface area contributed by atoms with Gasteiger partial charge in [0, 0.05) is 30.2 Å². The van der Waals surface area contributed by atoms with Crippen LogP contribution in [-0.2, 0) is 11.3 Å². The van der Waals surface area contributed by atoms with Crippen LogP contribution in [0.25, 0.3) is 0 Å². The molecule has 214 valence electrons. The van der Waals surface area contributed by atoms with Gasteiger partial charge in [-0.3, -0.25) is 4.79 Å². The largest absolute Gasteiger partial charge is 1.00 e. The Labute approximate surface area is 262 Å². The first kappa shape index (κ1) is 32.9. The van der Waals surface area contributed by atoms with E-state index in [1.807, 2.05) is 0 Å². The summed E-state index contributed by atoms with van der Waals surface area (Å²) in [6.45, 7) is 16.2. The number of allylic oxidation sites excluding steroid dienone is 1. The van der Waals surface area contributed by atoms with Gasteiger partial charge >= 0.3 is 0 Å². The molecule has 0 N–H and O–H groups in total. The van der Waals surface area contributed by atoms with Crippen LogP contribution < -0.4 is 22.2 Å². The van der Waals surface area contributed by atoms with E-state index in [9.17, 15) is 4.79 Å². The fourth-order valence-corrected chi connectivity index (χ4v) is 12.2. The maximum Gasteiger partial charge on any atom is 0.180 e. The maximum absolute atomic E-state index is 14.3. The second-order valence-corrected chi connectivity index (χ2v) is 19.2. The lowest BCUT2D eigenvalue weighted by Gasteiger charge is -2.46. The molecular formula is C32H43BrCl3NOSi. The summed E-state index contributed by atoms with van der Waals surface area (Å²) in [6, 6.07) is 23.3. The second kappa shape index (κ2) is 13.1. The fourth-order valence-electron chi connectivity index (χ4n) is 8.58. The third-order valence-electron chi connectivity index (χ3n) is 10.7. The highest BCUT2D eigenvalue weighted by molar-refractivity contribution is 6.91. The van der Waals surface area contributed by atoms with Crippen LogP contribution in [0, 0.1) is 17.3 Å². The Hall–Kier alpha value is -0.623. The van der Waals surface area contributed by atoms with E-state index < -0.39 is 12.4 Å². The molecule has 2 heterocycles. The third kappa shape index (κ3) is 6.13. The van der Waals surface area contributed by atoms with E-state index in [1.165, 1.54) is 17.2 Å². The SMILES string of the molecule is C=CCC[C@@H]1C[N@@+]2(Cc3ccccc3)[C@@H]3C[C@H]([C@@H]2C)[C@@H]([Si](C)(C)c2ccccc2)CC(=O)[C@]13C.ClC(Cl)Cl.[Br-]. The molecular weight excluding hydrogens is 629 g/mol. The van der Waals surface area contributed by atoms with Crippen LogP contribution in [0.4, 0.5) is 0 Å². The standard InChI is InChI=1S/C31H42NOSi.CHCl3.BrH/c1-6-7-16-25-22-32(21-24-14-10-8-11-15-24)23(2)27-19-29(32)31(25,3)30(33)20-28(27)34(4,5)26-17-12-9-13-18-26;2-1(3)4;/h6,8-15,17-18,23,25,27-29H,1,7,16,19-22H2,2-5H3;1H;1H/q+1;;/p-1/t23-,25+,27+,28-,29+,31+,32+;;/m0../s1. The molecule has 2 saturated heterocycles. The van der Waals surface area contributed by atoms with Gasteiger partial charge in [0.05, 0.1) is 26.1 Å². The molecule has 2 nitrogen and oxygen atoms in total. The average molecular weight is 672 g/mol. The lowest BCUT2D eigenvalue weighted by Crippen LogP contribution is -3.00. The molecule has 2 aromatic carbocycles. The Balaban J connectivity index is 0.000000788. The summed E-state index contributed by atoms with van der Waals surface area (Å²) < 4.78 is 0.370. The molecule has 2 aromatic rings. The number of benzene rings is 2. The Morgan fingerprint density at radius 3 is 2.21 bits per heavy atom. The zero-order chi connectivity index (χ0) is 27.7. The first-order valence-electron chi connectivity index (χ1n) is 14.0. The summed E-state index contributed by atoms with van der Waals surface area (Å²) >= 11 is 14.4. The van der Waals surface area contributed by atoms with E-state index in [4.69, 9.17) is 34.8 Å². The molecule has 7 heteroatoms. The van der Waals surface area contributed by atoms with E-state index in [2.05, 4.69) is 100 Å². The molecule has 0 amide bonds. The van der Waals surface area contributed by atoms with Crippen molar-refractivity contribution in [3.05, 3.63) is 78.9 Å². The molecule has 3 fully saturated rings. The van der Waals surface area contributed by atoms with Crippen molar-refractivity contribution in [2.45, 2.75) is 81.1 Å². The van der Waals surface area contributed by atoms with Gasteiger partial charge in [-0.05, 0) is 32.2 Å². The van der Waals surface area contributed by atoms with Crippen LogP contribution in [0.15, 0.2) is 73.3 Å². The van der Waals surface area contributed by atoms with Crippen molar-refractivity contribution >= 4 is 53.8 Å². The predicted octanol–water partition coefficient (Wildman–Crippen LogP) is 5.33. The lowest BCUT2D eigenvalue weighted by atomic mass is 9.69. The summed E-state index contributed by atoms with van der Waals surface area (Å²) in [7, 11) is -1.84. The highest BCUT2D eigenvalue weighted by Gasteiger charge is 2.72. The molecule has 39 heavy (non-hydrogen) atoms. The topological polar surface area (TPSA) is 17.1 Å². The van der Waals surface area contributed by atoms with Crippen LogP contribution in [-0.4, -0.2) is 41.3 Å². The number of halogens is 4. The number of quaternary nitrogens is 1. The van der Waals surface area contributed by atoms with Crippen molar-refractivity contribution in [2.24, 2.45) is 17.3 Å². The number of Topliss-reactive ketones (excluding diaryl/α,β-unsaturated/α-hetero) is 1. The van der Waals surface area contributed by atoms with Crippen LogP contribution >= 0.6 is 34.8 Å². The summed E-state index contributed by atoms with van der Waals surface area (Å²) in [4.78, 5) is 14.3. The Kier molecular flexibility index (Phi) is 11.1. The molecule has 3 aliphatic rings. The van der Waals surface area contributed by atoms with Gasteiger partial charge in [-0.15, -0.1) is 6.58 Å². The van der Waals surface area contributed by atoms with Crippen molar-refractivity contribution < 1.29 is 26.3 Å². The van der Waals surface area contributed by atoms with Gasteiger partial charge in [-0.25, -0.2) is 0 Å². The molecule has 0 unspecified atom stereocenters. The maximum atomic E-state index is 14.3. The van der Waals surface area contributed by atoms with Crippen LogP contribution in [0.5, 0.6) is 0 Å². The summed E-state index contributed by atoms with van der Waals surface area (Å²) in [5.74, 6) is 1.65. The third-order valence-corrected chi connectivity index (χ3v) is 15.0. The van der Waals surface area contributed by atoms with Crippen molar-refractivity contribution in [3.63, 3.8) is 0 Å². The molecule has 0 radical (unpaired) electrons. The molecule has 2 aliphatic heterocycles. The fraction of sp³-hybridized carbons (Fsp3) is 0.531. The van der Waals surface area contributed by atoms with Gasteiger partial charge in [0.15, 0.2) is 4.30 Å². The van der Waals surface area contributed by atoms with Crippen LogP contribution in [0.3, 0.4) is 0 Å². The predicted molar refractivity (Wildman–Crippen MR) is 166 cm³/mol. The van der Waals surface area contributed by atoms with Crippen LogP contribution in [0.1, 0.15) is 45.1 Å². The molecule has 0 aromatic heterocycles. The quantitative estimate of drug-likeness (QED) is 0.168. The van der Waals surface area contributed by atoms with Gasteiger partial charge < -0.3 is 21.5 Å². The Morgan fingerprint density at radius 1 is 1.08 bits per heavy atom. The Bertz CT molecular complexity index is 1110. The van der Waals surface area contributed by atoms with Crippen molar-refractivity contribution in [1.82, 2.24) is 0 Å². The minimum atomic E-state index is -1.84. The molecule has 1 aliphatic carbocycles. The molecule has 5 rings (SSSR count). The summed E-state index contributed by atoms with van der Waals surface area (Å²) in [6.07, 6.45) is 6.16. The summed E-state index contributed by atoms with van der Waals surface area (Å²) in [5, 5.41) is 1.51. The van der Waals surface area contributed by atoms with Gasteiger partial charge in [-0.2, -0.15) is 0 Å². The highest BCUT2D eigenvalue weighted by Crippen LogP contribution is 2.63. The van der Waals surface area contributed by atoms with Gasteiger partial charge in [0.25, 0.3) is 0 Å². The molecule has 1 saturated carbocycles. The average Bonchev–Trinajstić information content (AvgIpc) is 3.25. The normalized spacial score (nSPS) is 33.1. The van der Waals surface area contributed by atoms with Gasteiger partial charge in [-0.1, -0.05) is 120 Å². The van der Waals surface area contributed by atoms with E-state index in [-0.39, 0.29) is 22.4 Å². The number of ketones is 1. The van der Waals surface area contributed by atoms with Crippen LogP contribution in [0.2, 0.25) is 18.6 Å². The minimum Gasteiger partial charge on any atom is -1.00 e.